The third-order valence-electron chi connectivity index (χ3n) is 1.55. The molecule has 0 atom stereocenters. The van der Waals surface area contributed by atoms with Crippen LogP contribution in [-0.2, 0) is 0 Å². The molecular weight excluding hydrogens is 154 g/mol. The zero-order valence-electron chi connectivity index (χ0n) is 6.90. The largest absolute Gasteiger partial charge is 0.329 e. The van der Waals surface area contributed by atoms with Crippen LogP contribution in [0.1, 0.15) is 10.4 Å². The van der Waals surface area contributed by atoms with Gasteiger partial charge >= 0.3 is 0 Å². The lowest BCUT2D eigenvalue weighted by Gasteiger charge is -2.13. The molecule has 1 rings (SSSR count). The average Bonchev–Trinajstić information content (AvgIpc) is 2.17. The number of amides is 1. The Kier molecular flexibility index (Phi) is 2.76. The van der Waals surface area contributed by atoms with E-state index in [1.807, 2.05) is 0 Å². The average molecular weight is 165 g/mol. The van der Waals surface area contributed by atoms with Crippen LogP contribution in [0.25, 0.3) is 0 Å². The van der Waals surface area contributed by atoms with Gasteiger partial charge in [-0.15, -0.1) is 0 Å². The van der Waals surface area contributed by atoms with Gasteiger partial charge in [-0.1, -0.05) is 0 Å². The van der Waals surface area contributed by atoms with Crippen molar-refractivity contribution < 1.29 is 4.79 Å². The Bertz CT molecular complexity index is 260. The highest BCUT2D eigenvalue weighted by Gasteiger charge is 2.08. The molecule has 64 valence electrons. The first-order chi connectivity index (χ1) is 5.75. The summed E-state index contributed by atoms with van der Waals surface area (Å²) in [6.45, 7) is 0.223. The van der Waals surface area contributed by atoms with Crippen LogP contribution in [0, 0.1) is 0 Å². The van der Waals surface area contributed by atoms with Gasteiger partial charge in [0.2, 0.25) is 0 Å². The van der Waals surface area contributed by atoms with E-state index in [1.54, 1.807) is 31.6 Å². The zero-order chi connectivity index (χ0) is 8.97. The molecule has 1 heterocycles. The van der Waals surface area contributed by atoms with E-state index in [0.717, 1.165) is 0 Å². The van der Waals surface area contributed by atoms with Gasteiger partial charge in [0, 0.05) is 25.0 Å². The minimum absolute atomic E-state index is 0.0834. The molecule has 0 saturated heterocycles. The van der Waals surface area contributed by atoms with Crippen LogP contribution < -0.4 is 5.73 Å². The van der Waals surface area contributed by atoms with E-state index in [0.29, 0.717) is 5.56 Å². The highest BCUT2D eigenvalue weighted by Crippen LogP contribution is 1.99. The van der Waals surface area contributed by atoms with Crippen molar-refractivity contribution in [2.24, 2.45) is 5.73 Å². The van der Waals surface area contributed by atoms with Crippen molar-refractivity contribution in [2.45, 2.75) is 0 Å². The van der Waals surface area contributed by atoms with Crippen molar-refractivity contribution in [2.75, 3.05) is 13.7 Å². The molecule has 0 aromatic carbocycles. The molecule has 0 aliphatic carbocycles. The summed E-state index contributed by atoms with van der Waals surface area (Å²) < 4.78 is 0. The Balaban J connectivity index is 2.79. The van der Waals surface area contributed by atoms with Crippen molar-refractivity contribution in [3.05, 3.63) is 30.1 Å². The summed E-state index contributed by atoms with van der Waals surface area (Å²) in [7, 11) is 1.66. The van der Waals surface area contributed by atoms with Gasteiger partial charge in [-0.25, -0.2) is 0 Å². The van der Waals surface area contributed by atoms with E-state index in [4.69, 9.17) is 5.73 Å². The summed E-state index contributed by atoms with van der Waals surface area (Å²) >= 11 is 0. The summed E-state index contributed by atoms with van der Waals surface area (Å²) in [5.74, 6) is -0.0834. The fourth-order valence-electron chi connectivity index (χ4n) is 0.798. The number of aromatic nitrogens is 1. The number of nitrogens with two attached hydrogens (primary N) is 1. The molecule has 0 unspecified atom stereocenters. The first-order valence-electron chi connectivity index (χ1n) is 3.61. The first kappa shape index (κ1) is 8.67. The number of hydrogen-bond donors (Lipinski definition) is 1. The van der Waals surface area contributed by atoms with Crippen molar-refractivity contribution in [1.82, 2.24) is 9.88 Å². The number of hydrogen-bond acceptors (Lipinski definition) is 3. The van der Waals surface area contributed by atoms with Crippen LogP contribution in [0.3, 0.4) is 0 Å². The van der Waals surface area contributed by atoms with E-state index in [9.17, 15) is 4.79 Å². The second-order valence-corrected chi connectivity index (χ2v) is 2.42. The van der Waals surface area contributed by atoms with E-state index < -0.39 is 0 Å². The second-order valence-electron chi connectivity index (χ2n) is 2.42. The van der Waals surface area contributed by atoms with Crippen LogP contribution in [0.4, 0.5) is 0 Å². The van der Waals surface area contributed by atoms with Crippen molar-refractivity contribution in [1.29, 1.82) is 0 Å². The molecule has 2 N–H and O–H groups in total. The smallest absolute Gasteiger partial charge is 0.254 e. The molecule has 12 heavy (non-hydrogen) atoms. The quantitative estimate of drug-likeness (QED) is 0.631. The lowest BCUT2D eigenvalue weighted by molar-refractivity contribution is 0.0798. The highest BCUT2D eigenvalue weighted by atomic mass is 16.2. The molecule has 0 saturated carbocycles. The summed E-state index contributed by atoms with van der Waals surface area (Å²) in [6, 6.07) is 3.32. The maximum Gasteiger partial charge on any atom is 0.254 e. The van der Waals surface area contributed by atoms with Gasteiger partial charge in [-0.3, -0.25) is 9.78 Å². The van der Waals surface area contributed by atoms with Crippen LogP contribution in [0.2, 0.25) is 0 Å². The SMILES string of the molecule is CN(CN)C(=O)c1ccncc1. The monoisotopic (exact) mass is 165 g/mol. The lowest BCUT2D eigenvalue weighted by atomic mass is 10.2. The Morgan fingerprint density at radius 2 is 2.17 bits per heavy atom. The third kappa shape index (κ3) is 1.79. The van der Waals surface area contributed by atoms with Crippen molar-refractivity contribution >= 4 is 5.91 Å². The minimum atomic E-state index is -0.0834. The molecule has 4 heteroatoms. The molecule has 4 nitrogen and oxygen atoms in total. The third-order valence-corrected chi connectivity index (χ3v) is 1.55. The molecular formula is C8H11N3O. The fraction of sp³-hybridized carbons (Fsp3) is 0.250. The number of rotatable bonds is 2. The maximum absolute atomic E-state index is 11.4. The van der Waals surface area contributed by atoms with E-state index in [1.165, 1.54) is 4.90 Å². The van der Waals surface area contributed by atoms with Crippen LogP contribution >= 0.6 is 0 Å². The van der Waals surface area contributed by atoms with Crippen molar-refractivity contribution in [3.8, 4) is 0 Å². The number of carbonyl (C=O) groups is 1. The van der Waals surface area contributed by atoms with Gasteiger partial charge in [0.1, 0.15) is 0 Å². The molecule has 1 amide bonds. The Hall–Kier alpha value is -1.42. The molecule has 1 aromatic heterocycles. The molecule has 0 bridgehead atoms. The van der Waals surface area contributed by atoms with E-state index in [-0.39, 0.29) is 12.6 Å². The fourth-order valence-corrected chi connectivity index (χ4v) is 0.798. The van der Waals surface area contributed by atoms with Crippen LogP contribution in [-0.4, -0.2) is 29.5 Å². The van der Waals surface area contributed by atoms with Crippen LogP contribution in [0.5, 0.6) is 0 Å². The highest BCUT2D eigenvalue weighted by molar-refractivity contribution is 5.93. The second kappa shape index (κ2) is 3.82. The van der Waals surface area contributed by atoms with Gasteiger partial charge in [-0.2, -0.15) is 0 Å². The van der Waals surface area contributed by atoms with Gasteiger partial charge in [0.25, 0.3) is 5.91 Å². The first-order valence-corrected chi connectivity index (χ1v) is 3.61. The van der Waals surface area contributed by atoms with Crippen LogP contribution in [0.15, 0.2) is 24.5 Å². The van der Waals surface area contributed by atoms with E-state index >= 15 is 0 Å². The Morgan fingerprint density at radius 3 is 2.67 bits per heavy atom. The lowest BCUT2D eigenvalue weighted by Crippen LogP contribution is -2.32. The van der Waals surface area contributed by atoms with Gasteiger partial charge < -0.3 is 10.6 Å². The summed E-state index contributed by atoms with van der Waals surface area (Å²) in [6.07, 6.45) is 3.16. The molecule has 0 radical (unpaired) electrons. The Morgan fingerprint density at radius 1 is 1.58 bits per heavy atom. The van der Waals surface area contributed by atoms with Crippen molar-refractivity contribution in [3.63, 3.8) is 0 Å². The summed E-state index contributed by atoms with van der Waals surface area (Å²) in [4.78, 5) is 16.6. The predicted molar refractivity (Wildman–Crippen MR) is 45.4 cm³/mol. The van der Waals surface area contributed by atoms with Gasteiger partial charge in [-0.05, 0) is 12.1 Å². The standard InChI is InChI=1S/C8H11N3O/c1-11(6-9)8(12)7-2-4-10-5-3-7/h2-5H,6,9H2,1H3. The predicted octanol–water partition coefficient (Wildman–Crippen LogP) is 0.0698. The molecule has 0 fully saturated rings. The summed E-state index contributed by atoms with van der Waals surface area (Å²) in [5.41, 5.74) is 5.91. The minimum Gasteiger partial charge on any atom is -0.329 e. The Labute approximate surface area is 71.0 Å². The molecule has 0 spiro atoms. The number of pyridine rings is 1. The summed E-state index contributed by atoms with van der Waals surface area (Å²) in [5, 5.41) is 0. The van der Waals surface area contributed by atoms with E-state index in [2.05, 4.69) is 4.98 Å². The van der Waals surface area contributed by atoms with Gasteiger partial charge in [0.05, 0.1) is 6.67 Å². The topological polar surface area (TPSA) is 59.2 Å². The molecule has 0 aliphatic rings. The normalized spacial score (nSPS) is 9.50. The number of nitrogens with zero attached hydrogens (tertiary/aromatic N) is 2. The molecule has 1 aromatic rings. The van der Waals surface area contributed by atoms with Gasteiger partial charge in [0.15, 0.2) is 0 Å². The zero-order valence-corrected chi connectivity index (χ0v) is 6.90. The molecule has 0 aliphatic heterocycles. The number of carbonyl (C=O) groups excluding carboxylic acids is 1. The maximum atomic E-state index is 11.4.